The molecular formula is C19H21NO. The molecule has 0 unspecified atom stereocenters. The van der Waals surface area contributed by atoms with Gasteiger partial charge in [0.15, 0.2) is 0 Å². The second-order valence-corrected chi connectivity index (χ2v) is 6.00. The number of benzene rings is 2. The fourth-order valence-corrected chi connectivity index (χ4v) is 2.67. The Kier molecular flexibility index (Phi) is 3.78. The van der Waals surface area contributed by atoms with Gasteiger partial charge in [-0.25, -0.2) is 0 Å². The van der Waals surface area contributed by atoms with Gasteiger partial charge in [0.05, 0.1) is 6.04 Å². The van der Waals surface area contributed by atoms with Crippen LogP contribution in [0.25, 0.3) is 0 Å². The summed E-state index contributed by atoms with van der Waals surface area (Å²) < 4.78 is 0. The second-order valence-electron chi connectivity index (χ2n) is 6.00. The largest absolute Gasteiger partial charge is 0.345 e. The fourth-order valence-electron chi connectivity index (χ4n) is 2.67. The van der Waals surface area contributed by atoms with Crippen LogP contribution < -0.4 is 5.32 Å². The highest BCUT2D eigenvalue weighted by atomic mass is 16.1. The molecule has 1 fully saturated rings. The maximum atomic E-state index is 12.5. The first-order valence-electron chi connectivity index (χ1n) is 7.58. The van der Waals surface area contributed by atoms with E-state index in [1.165, 1.54) is 24.0 Å². The van der Waals surface area contributed by atoms with Gasteiger partial charge in [-0.15, -0.1) is 0 Å². The standard InChI is InChI=1S/C19H21NO/c1-13-8-9-17(12-14(13)2)19(21)20-18(16-10-11-16)15-6-4-3-5-7-15/h3-9,12,16,18H,10-11H2,1-2H3,(H,20,21)/t18-/m0/s1. The van der Waals surface area contributed by atoms with Crippen molar-refractivity contribution in [1.29, 1.82) is 0 Å². The summed E-state index contributed by atoms with van der Waals surface area (Å²) in [5, 5.41) is 3.22. The highest BCUT2D eigenvalue weighted by Gasteiger charge is 2.33. The molecule has 2 heteroatoms. The SMILES string of the molecule is Cc1ccc(C(=O)N[C@@H](c2ccccc2)C2CC2)cc1C. The van der Waals surface area contributed by atoms with Gasteiger partial charge >= 0.3 is 0 Å². The van der Waals surface area contributed by atoms with Crippen LogP contribution in [-0.4, -0.2) is 5.91 Å². The van der Waals surface area contributed by atoms with Crippen molar-refractivity contribution in [3.8, 4) is 0 Å². The number of aryl methyl sites for hydroxylation is 2. The lowest BCUT2D eigenvalue weighted by molar-refractivity contribution is 0.0931. The summed E-state index contributed by atoms with van der Waals surface area (Å²) in [4.78, 5) is 12.5. The number of rotatable bonds is 4. The molecule has 2 aromatic rings. The second kappa shape index (κ2) is 5.72. The van der Waals surface area contributed by atoms with Gasteiger partial charge in [-0.1, -0.05) is 36.4 Å². The Balaban J connectivity index is 1.79. The molecule has 108 valence electrons. The van der Waals surface area contributed by atoms with Crippen molar-refractivity contribution in [2.75, 3.05) is 0 Å². The van der Waals surface area contributed by atoms with Crippen molar-refractivity contribution in [2.45, 2.75) is 32.7 Å². The summed E-state index contributed by atoms with van der Waals surface area (Å²) in [5.74, 6) is 0.613. The zero-order valence-corrected chi connectivity index (χ0v) is 12.6. The number of hydrogen-bond acceptors (Lipinski definition) is 1. The third-order valence-electron chi connectivity index (χ3n) is 4.31. The van der Waals surface area contributed by atoms with Crippen molar-refractivity contribution < 1.29 is 4.79 Å². The monoisotopic (exact) mass is 279 g/mol. The van der Waals surface area contributed by atoms with E-state index in [4.69, 9.17) is 0 Å². The quantitative estimate of drug-likeness (QED) is 0.893. The van der Waals surface area contributed by atoms with Crippen molar-refractivity contribution in [3.05, 3.63) is 70.8 Å². The van der Waals surface area contributed by atoms with Gasteiger partial charge in [-0.3, -0.25) is 4.79 Å². The summed E-state index contributed by atoms with van der Waals surface area (Å²) in [6, 6.07) is 16.3. The molecular weight excluding hydrogens is 258 g/mol. The predicted molar refractivity (Wildman–Crippen MR) is 85.3 cm³/mol. The molecule has 0 aliphatic heterocycles. The Bertz CT molecular complexity index is 644. The summed E-state index contributed by atoms with van der Waals surface area (Å²) >= 11 is 0. The molecule has 1 aliphatic rings. The molecule has 0 radical (unpaired) electrons. The minimum Gasteiger partial charge on any atom is -0.345 e. The minimum atomic E-state index is 0.0267. The van der Waals surface area contributed by atoms with Gasteiger partial charge in [0.25, 0.3) is 5.91 Å². The molecule has 2 aromatic carbocycles. The molecule has 1 saturated carbocycles. The van der Waals surface area contributed by atoms with Crippen molar-refractivity contribution in [1.82, 2.24) is 5.32 Å². The van der Waals surface area contributed by atoms with Crippen LogP contribution in [0, 0.1) is 19.8 Å². The van der Waals surface area contributed by atoms with E-state index >= 15 is 0 Å². The van der Waals surface area contributed by atoms with E-state index in [2.05, 4.69) is 24.4 Å². The number of carbonyl (C=O) groups excluding carboxylic acids is 1. The molecule has 0 heterocycles. The molecule has 0 bridgehead atoms. The Morgan fingerprint density at radius 2 is 1.76 bits per heavy atom. The average molecular weight is 279 g/mol. The minimum absolute atomic E-state index is 0.0267. The first-order chi connectivity index (χ1) is 10.1. The number of hydrogen-bond donors (Lipinski definition) is 1. The maximum absolute atomic E-state index is 12.5. The van der Waals surface area contributed by atoms with Gasteiger partial charge in [0.1, 0.15) is 0 Å². The molecule has 1 aliphatic carbocycles. The maximum Gasteiger partial charge on any atom is 0.251 e. The zero-order valence-electron chi connectivity index (χ0n) is 12.6. The number of amides is 1. The third-order valence-corrected chi connectivity index (χ3v) is 4.31. The van der Waals surface area contributed by atoms with Crippen LogP contribution in [0.5, 0.6) is 0 Å². The molecule has 0 spiro atoms. The molecule has 21 heavy (non-hydrogen) atoms. The Morgan fingerprint density at radius 1 is 1.05 bits per heavy atom. The highest BCUT2D eigenvalue weighted by molar-refractivity contribution is 5.94. The summed E-state index contributed by atoms with van der Waals surface area (Å²) in [6.45, 7) is 4.11. The van der Waals surface area contributed by atoms with E-state index in [1.54, 1.807) is 0 Å². The highest BCUT2D eigenvalue weighted by Crippen LogP contribution is 2.41. The van der Waals surface area contributed by atoms with Crippen molar-refractivity contribution >= 4 is 5.91 Å². The van der Waals surface area contributed by atoms with E-state index in [9.17, 15) is 4.79 Å². The first kappa shape index (κ1) is 13.9. The van der Waals surface area contributed by atoms with Gasteiger partial charge in [-0.05, 0) is 61.4 Å². The molecule has 1 amide bonds. The van der Waals surface area contributed by atoms with Gasteiger partial charge in [0.2, 0.25) is 0 Å². The van der Waals surface area contributed by atoms with Crippen LogP contribution in [0.3, 0.4) is 0 Å². The summed E-state index contributed by atoms with van der Waals surface area (Å²) in [5.41, 5.74) is 4.33. The molecule has 3 rings (SSSR count). The smallest absolute Gasteiger partial charge is 0.251 e. The van der Waals surface area contributed by atoms with Gasteiger partial charge in [-0.2, -0.15) is 0 Å². The van der Waals surface area contributed by atoms with E-state index in [1.807, 2.05) is 43.3 Å². The average Bonchev–Trinajstić information content (AvgIpc) is 3.33. The first-order valence-corrected chi connectivity index (χ1v) is 7.58. The summed E-state index contributed by atoms with van der Waals surface area (Å²) in [7, 11) is 0. The van der Waals surface area contributed by atoms with E-state index in [0.29, 0.717) is 5.92 Å². The van der Waals surface area contributed by atoms with Crippen LogP contribution in [0.4, 0.5) is 0 Å². The van der Waals surface area contributed by atoms with Crippen LogP contribution in [0.2, 0.25) is 0 Å². The lowest BCUT2D eigenvalue weighted by Crippen LogP contribution is -2.29. The topological polar surface area (TPSA) is 29.1 Å². The van der Waals surface area contributed by atoms with Gasteiger partial charge < -0.3 is 5.32 Å². The normalized spacial score (nSPS) is 15.5. The Hall–Kier alpha value is -2.09. The van der Waals surface area contributed by atoms with Crippen LogP contribution in [0.1, 0.15) is 45.9 Å². The fraction of sp³-hybridized carbons (Fsp3) is 0.316. The van der Waals surface area contributed by atoms with Crippen molar-refractivity contribution in [3.63, 3.8) is 0 Å². The summed E-state index contributed by atoms with van der Waals surface area (Å²) in [6.07, 6.45) is 2.40. The third kappa shape index (κ3) is 3.15. The Morgan fingerprint density at radius 3 is 2.38 bits per heavy atom. The van der Waals surface area contributed by atoms with Gasteiger partial charge in [0, 0.05) is 5.56 Å². The lowest BCUT2D eigenvalue weighted by atomic mass is 10.0. The number of nitrogens with one attached hydrogen (secondary N) is 1. The van der Waals surface area contributed by atoms with Crippen molar-refractivity contribution in [2.24, 2.45) is 5.92 Å². The van der Waals surface area contributed by atoms with E-state index in [-0.39, 0.29) is 11.9 Å². The predicted octanol–water partition coefficient (Wildman–Crippen LogP) is 4.18. The number of carbonyl (C=O) groups is 1. The Labute approximate surface area is 126 Å². The zero-order chi connectivity index (χ0) is 14.8. The molecule has 1 atom stereocenters. The van der Waals surface area contributed by atoms with E-state index < -0.39 is 0 Å². The van der Waals surface area contributed by atoms with E-state index in [0.717, 1.165) is 11.1 Å². The van der Waals surface area contributed by atoms with Crippen LogP contribution in [0.15, 0.2) is 48.5 Å². The van der Waals surface area contributed by atoms with Crippen LogP contribution in [-0.2, 0) is 0 Å². The molecule has 0 aromatic heterocycles. The van der Waals surface area contributed by atoms with Crippen LogP contribution >= 0.6 is 0 Å². The molecule has 1 N–H and O–H groups in total. The lowest BCUT2D eigenvalue weighted by Gasteiger charge is -2.19. The molecule has 2 nitrogen and oxygen atoms in total. The molecule has 0 saturated heterocycles.